The van der Waals surface area contributed by atoms with Gasteiger partial charge in [-0.2, -0.15) is 0 Å². The molecule has 5 heteroatoms. The molecule has 2 amide bonds. The predicted molar refractivity (Wildman–Crippen MR) is 114 cm³/mol. The molecular formula is C24H29N3O2. The number of rotatable bonds is 7. The number of benzene rings is 2. The SMILES string of the molecule is O=C(Nc1cccc(CN[C@@H](C(=O)N2CCCCC2)c2ccccc2)c1)C1CC1. The number of hydrogen-bond donors (Lipinski definition) is 2. The van der Waals surface area contributed by atoms with Gasteiger partial charge in [0.2, 0.25) is 11.8 Å². The highest BCUT2D eigenvalue weighted by Gasteiger charge is 2.29. The summed E-state index contributed by atoms with van der Waals surface area (Å²) in [5, 5.41) is 6.46. The number of anilines is 1. The molecule has 0 unspecified atom stereocenters. The van der Waals surface area contributed by atoms with Crippen molar-refractivity contribution >= 4 is 17.5 Å². The lowest BCUT2D eigenvalue weighted by atomic mass is 10.0. The minimum atomic E-state index is -0.362. The molecule has 2 fully saturated rings. The van der Waals surface area contributed by atoms with Crippen LogP contribution in [-0.4, -0.2) is 29.8 Å². The van der Waals surface area contributed by atoms with Crippen LogP contribution in [0, 0.1) is 5.92 Å². The zero-order valence-electron chi connectivity index (χ0n) is 16.8. The third kappa shape index (κ3) is 5.24. The smallest absolute Gasteiger partial charge is 0.244 e. The van der Waals surface area contributed by atoms with E-state index in [2.05, 4.69) is 10.6 Å². The van der Waals surface area contributed by atoms with Crippen LogP contribution in [0.5, 0.6) is 0 Å². The van der Waals surface area contributed by atoms with Gasteiger partial charge in [-0.1, -0.05) is 42.5 Å². The molecule has 0 radical (unpaired) electrons. The Labute approximate surface area is 172 Å². The van der Waals surface area contributed by atoms with Gasteiger partial charge in [-0.25, -0.2) is 0 Å². The van der Waals surface area contributed by atoms with Gasteiger partial charge < -0.3 is 10.2 Å². The Morgan fingerprint density at radius 1 is 0.966 bits per heavy atom. The molecule has 2 aromatic carbocycles. The van der Waals surface area contributed by atoms with Gasteiger partial charge in [0.1, 0.15) is 6.04 Å². The molecule has 2 N–H and O–H groups in total. The molecule has 1 heterocycles. The molecule has 152 valence electrons. The van der Waals surface area contributed by atoms with E-state index >= 15 is 0 Å². The normalized spacial score (nSPS) is 17.6. The summed E-state index contributed by atoms with van der Waals surface area (Å²) in [5.41, 5.74) is 2.85. The fraction of sp³-hybridized carbons (Fsp3) is 0.417. The first-order chi connectivity index (χ1) is 14.2. The van der Waals surface area contributed by atoms with E-state index in [4.69, 9.17) is 0 Å². The highest BCUT2D eigenvalue weighted by atomic mass is 16.2. The minimum absolute atomic E-state index is 0.109. The summed E-state index contributed by atoms with van der Waals surface area (Å²) in [6.07, 6.45) is 5.34. The Morgan fingerprint density at radius 2 is 1.72 bits per heavy atom. The molecule has 1 saturated heterocycles. The first kappa shape index (κ1) is 19.6. The van der Waals surface area contributed by atoms with Crippen molar-refractivity contribution in [3.8, 4) is 0 Å². The molecule has 0 aromatic heterocycles. The van der Waals surface area contributed by atoms with Crippen LogP contribution in [0.4, 0.5) is 5.69 Å². The summed E-state index contributed by atoms with van der Waals surface area (Å²) < 4.78 is 0. The number of amides is 2. The Bertz CT molecular complexity index is 842. The van der Waals surface area contributed by atoms with Crippen molar-refractivity contribution in [3.05, 3.63) is 65.7 Å². The Morgan fingerprint density at radius 3 is 2.45 bits per heavy atom. The summed E-state index contributed by atoms with van der Waals surface area (Å²) in [5.74, 6) is 0.438. The number of likely N-dealkylation sites (tertiary alicyclic amines) is 1. The molecular weight excluding hydrogens is 362 g/mol. The molecule has 1 aliphatic carbocycles. The largest absolute Gasteiger partial charge is 0.341 e. The van der Waals surface area contributed by atoms with Gasteiger partial charge in [0.25, 0.3) is 0 Å². The van der Waals surface area contributed by atoms with Crippen LogP contribution < -0.4 is 10.6 Å². The third-order valence-corrected chi connectivity index (χ3v) is 5.70. The highest BCUT2D eigenvalue weighted by Crippen LogP contribution is 2.30. The number of nitrogens with zero attached hydrogens (tertiary/aromatic N) is 1. The van der Waals surface area contributed by atoms with E-state index in [0.29, 0.717) is 6.54 Å². The van der Waals surface area contributed by atoms with E-state index in [0.717, 1.165) is 55.6 Å². The molecule has 1 saturated carbocycles. The number of carbonyl (C=O) groups excluding carboxylic acids is 2. The fourth-order valence-electron chi connectivity index (χ4n) is 3.86. The van der Waals surface area contributed by atoms with E-state index in [1.807, 2.05) is 59.5 Å². The molecule has 4 rings (SSSR count). The second-order valence-corrected chi connectivity index (χ2v) is 8.07. The quantitative estimate of drug-likeness (QED) is 0.753. The highest BCUT2D eigenvalue weighted by molar-refractivity contribution is 5.94. The summed E-state index contributed by atoms with van der Waals surface area (Å²) >= 11 is 0. The Balaban J connectivity index is 1.45. The maximum atomic E-state index is 13.2. The number of hydrogen-bond acceptors (Lipinski definition) is 3. The van der Waals surface area contributed by atoms with E-state index in [1.54, 1.807) is 0 Å². The summed E-state index contributed by atoms with van der Waals surface area (Å²) in [6, 6.07) is 17.4. The van der Waals surface area contributed by atoms with Crippen molar-refractivity contribution < 1.29 is 9.59 Å². The molecule has 1 aliphatic heterocycles. The fourth-order valence-corrected chi connectivity index (χ4v) is 3.86. The average molecular weight is 392 g/mol. The van der Waals surface area contributed by atoms with Crippen LogP contribution >= 0.6 is 0 Å². The number of nitrogens with one attached hydrogen (secondary N) is 2. The van der Waals surface area contributed by atoms with E-state index in [9.17, 15) is 9.59 Å². The van der Waals surface area contributed by atoms with Crippen LogP contribution in [0.1, 0.15) is 49.3 Å². The van der Waals surface area contributed by atoms with Gasteiger partial charge in [-0.05, 0) is 55.4 Å². The van der Waals surface area contributed by atoms with Gasteiger partial charge in [0, 0.05) is 31.2 Å². The van der Waals surface area contributed by atoms with Crippen molar-refractivity contribution in [2.45, 2.75) is 44.7 Å². The second-order valence-electron chi connectivity index (χ2n) is 8.07. The molecule has 5 nitrogen and oxygen atoms in total. The zero-order valence-corrected chi connectivity index (χ0v) is 16.8. The molecule has 0 bridgehead atoms. The minimum Gasteiger partial charge on any atom is -0.341 e. The van der Waals surface area contributed by atoms with Crippen molar-refractivity contribution in [3.63, 3.8) is 0 Å². The van der Waals surface area contributed by atoms with Crippen LogP contribution in [0.3, 0.4) is 0 Å². The van der Waals surface area contributed by atoms with Crippen molar-refractivity contribution in [2.75, 3.05) is 18.4 Å². The topological polar surface area (TPSA) is 61.4 Å². The zero-order chi connectivity index (χ0) is 20.1. The van der Waals surface area contributed by atoms with Crippen LogP contribution in [0.25, 0.3) is 0 Å². The predicted octanol–water partition coefficient (Wildman–Crippen LogP) is 3.88. The van der Waals surface area contributed by atoms with Gasteiger partial charge >= 0.3 is 0 Å². The number of carbonyl (C=O) groups is 2. The maximum absolute atomic E-state index is 13.2. The average Bonchev–Trinajstić information content (AvgIpc) is 3.61. The standard InChI is InChI=1S/C24H29N3O2/c28-23(20-12-13-20)26-21-11-7-8-18(16-21)17-25-22(19-9-3-1-4-10-19)24(29)27-14-5-2-6-15-27/h1,3-4,7-11,16,20,22,25H,2,5-6,12-15,17H2,(H,26,28)/t22-/m1/s1. The van der Waals surface area contributed by atoms with E-state index in [-0.39, 0.29) is 23.8 Å². The van der Waals surface area contributed by atoms with Gasteiger partial charge in [0.05, 0.1) is 0 Å². The molecule has 2 aromatic rings. The second kappa shape index (κ2) is 9.23. The molecule has 0 spiro atoms. The van der Waals surface area contributed by atoms with Crippen LogP contribution in [0.15, 0.2) is 54.6 Å². The lowest BCUT2D eigenvalue weighted by Crippen LogP contribution is -2.43. The maximum Gasteiger partial charge on any atom is 0.244 e. The molecule has 1 atom stereocenters. The Hall–Kier alpha value is -2.66. The number of piperidine rings is 1. The van der Waals surface area contributed by atoms with Gasteiger partial charge in [0.15, 0.2) is 0 Å². The Kier molecular flexibility index (Phi) is 6.25. The lowest BCUT2D eigenvalue weighted by Gasteiger charge is -2.31. The van der Waals surface area contributed by atoms with E-state index < -0.39 is 0 Å². The van der Waals surface area contributed by atoms with Crippen LogP contribution in [0.2, 0.25) is 0 Å². The van der Waals surface area contributed by atoms with Crippen molar-refractivity contribution in [1.82, 2.24) is 10.2 Å². The van der Waals surface area contributed by atoms with E-state index in [1.165, 1.54) is 6.42 Å². The first-order valence-corrected chi connectivity index (χ1v) is 10.7. The van der Waals surface area contributed by atoms with Crippen molar-refractivity contribution in [2.24, 2.45) is 5.92 Å². The van der Waals surface area contributed by atoms with Gasteiger partial charge in [-0.15, -0.1) is 0 Å². The molecule has 29 heavy (non-hydrogen) atoms. The monoisotopic (exact) mass is 391 g/mol. The molecule has 2 aliphatic rings. The first-order valence-electron chi connectivity index (χ1n) is 10.7. The van der Waals surface area contributed by atoms with Crippen LogP contribution in [-0.2, 0) is 16.1 Å². The summed E-state index contributed by atoms with van der Waals surface area (Å²) in [4.78, 5) is 27.2. The van der Waals surface area contributed by atoms with Gasteiger partial charge in [-0.3, -0.25) is 14.9 Å². The third-order valence-electron chi connectivity index (χ3n) is 5.70. The van der Waals surface area contributed by atoms with Crippen molar-refractivity contribution in [1.29, 1.82) is 0 Å². The summed E-state index contributed by atoms with van der Waals surface area (Å²) in [7, 11) is 0. The lowest BCUT2D eigenvalue weighted by molar-refractivity contribution is -0.134. The summed E-state index contributed by atoms with van der Waals surface area (Å²) in [6.45, 7) is 2.24.